The maximum absolute atomic E-state index is 12.9. The molecule has 4 rings (SSSR count). The Labute approximate surface area is 190 Å². The Morgan fingerprint density at radius 2 is 1.44 bits per heavy atom. The van der Waals surface area contributed by atoms with Crippen LogP contribution >= 0.6 is 11.8 Å². The number of fused-ring (bicyclic) bond motifs is 1. The SMILES string of the molecule is O=C(CSC1=CC(=NS(=O)(=O)c2ccccc2)c2ccccc2C1=O)Nc1ccccc1. The predicted molar refractivity (Wildman–Crippen MR) is 127 cm³/mol. The van der Waals surface area contributed by atoms with E-state index in [1.165, 1.54) is 18.2 Å². The lowest BCUT2D eigenvalue weighted by molar-refractivity contribution is -0.113. The first kappa shape index (κ1) is 21.7. The summed E-state index contributed by atoms with van der Waals surface area (Å²) < 4.78 is 29.6. The van der Waals surface area contributed by atoms with Crippen LogP contribution in [0.4, 0.5) is 5.69 Å². The van der Waals surface area contributed by atoms with Gasteiger partial charge in [-0.05, 0) is 30.3 Å². The van der Waals surface area contributed by atoms with Gasteiger partial charge in [-0.2, -0.15) is 12.8 Å². The Morgan fingerprint density at radius 3 is 2.12 bits per heavy atom. The maximum Gasteiger partial charge on any atom is 0.282 e. The van der Waals surface area contributed by atoms with Gasteiger partial charge in [0.1, 0.15) is 0 Å². The molecule has 0 atom stereocenters. The summed E-state index contributed by atoms with van der Waals surface area (Å²) in [5.74, 6) is -0.550. The highest BCUT2D eigenvalue weighted by atomic mass is 32.2. The highest BCUT2D eigenvalue weighted by Gasteiger charge is 2.26. The number of Topliss-reactive ketones (excluding diaryl/α,β-unsaturated/α-hetero) is 1. The molecule has 6 nitrogen and oxygen atoms in total. The van der Waals surface area contributed by atoms with Crippen LogP contribution in [0.3, 0.4) is 0 Å². The molecule has 8 heteroatoms. The Bertz CT molecular complexity index is 1330. The average molecular weight is 463 g/mol. The van der Waals surface area contributed by atoms with Crippen LogP contribution in [0.5, 0.6) is 0 Å². The molecule has 0 unspecified atom stereocenters. The van der Waals surface area contributed by atoms with Gasteiger partial charge in [-0.15, -0.1) is 11.8 Å². The number of hydrogen-bond donors (Lipinski definition) is 1. The van der Waals surface area contributed by atoms with E-state index in [1.807, 2.05) is 18.2 Å². The molecule has 0 saturated carbocycles. The van der Waals surface area contributed by atoms with Crippen molar-refractivity contribution in [2.24, 2.45) is 4.40 Å². The summed E-state index contributed by atoms with van der Waals surface area (Å²) in [6.07, 6.45) is 1.44. The molecule has 1 amide bonds. The smallest absolute Gasteiger partial charge is 0.282 e. The molecule has 1 aliphatic carbocycles. The minimum atomic E-state index is -3.97. The first-order valence-electron chi connectivity index (χ1n) is 9.67. The average Bonchev–Trinajstić information content (AvgIpc) is 2.81. The molecule has 0 radical (unpaired) electrons. The second-order valence-corrected chi connectivity index (χ2v) is 9.47. The number of anilines is 1. The normalized spacial score (nSPS) is 14.6. The van der Waals surface area contributed by atoms with Crippen LogP contribution in [-0.2, 0) is 14.8 Å². The molecular formula is C24H18N2O4S2. The molecule has 0 heterocycles. The summed E-state index contributed by atoms with van der Waals surface area (Å²) in [5.41, 5.74) is 1.61. The van der Waals surface area contributed by atoms with Gasteiger partial charge in [0.05, 0.1) is 21.3 Å². The number of carbonyl (C=O) groups excluding carboxylic acids is 2. The zero-order valence-electron chi connectivity index (χ0n) is 16.8. The first-order chi connectivity index (χ1) is 15.4. The van der Waals surface area contributed by atoms with E-state index >= 15 is 0 Å². The lowest BCUT2D eigenvalue weighted by Crippen LogP contribution is -2.19. The van der Waals surface area contributed by atoms with Crippen LogP contribution in [0.1, 0.15) is 15.9 Å². The number of sulfonamides is 1. The lowest BCUT2D eigenvalue weighted by Gasteiger charge is -2.17. The number of nitrogens with zero attached hydrogens (tertiary/aromatic N) is 1. The van der Waals surface area contributed by atoms with Gasteiger partial charge in [0.2, 0.25) is 5.91 Å². The van der Waals surface area contributed by atoms with Gasteiger partial charge in [-0.1, -0.05) is 60.7 Å². The van der Waals surface area contributed by atoms with E-state index < -0.39 is 10.0 Å². The van der Waals surface area contributed by atoms with Crippen LogP contribution in [0.2, 0.25) is 0 Å². The van der Waals surface area contributed by atoms with Crippen LogP contribution in [0.15, 0.2) is 105 Å². The first-order valence-corrected chi connectivity index (χ1v) is 12.1. The fourth-order valence-corrected chi connectivity index (χ4v) is 4.94. The van der Waals surface area contributed by atoms with E-state index in [9.17, 15) is 18.0 Å². The number of nitrogens with one attached hydrogen (secondary N) is 1. The molecule has 3 aromatic rings. The lowest BCUT2D eigenvalue weighted by atomic mass is 9.94. The summed E-state index contributed by atoms with van der Waals surface area (Å²) in [5, 5.41) is 2.76. The zero-order chi connectivity index (χ0) is 22.6. The van der Waals surface area contributed by atoms with Crippen molar-refractivity contribution in [1.82, 2.24) is 0 Å². The molecule has 1 aliphatic rings. The molecule has 0 spiro atoms. The Kier molecular flexibility index (Phi) is 6.34. The molecule has 1 N–H and O–H groups in total. The molecule has 0 bridgehead atoms. The van der Waals surface area contributed by atoms with Crippen molar-refractivity contribution >= 4 is 44.9 Å². The standard InChI is InChI=1S/C24H18N2O4S2/c27-23(25-17-9-3-1-4-10-17)16-31-22-15-21(19-13-7-8-14-20(19)24(22)28)26-32(29,30)18-11-5-2-6-12-18/h1-15H,16H2,(H,25,27). The van der Waals surface area contributed by atoms with Crippen molar-refractivity contribution in [2.75, 3.05) is 11.1 Å². The third-order valence-electron chi connectivity index (χ3n) is 4.62. The highest BCUT2D eigenvalue weighted by molar-refractivity contribution is 8.04. The predicted octanol–water partition coefficient (Wildman–Crippen LogP) is 4.32. The molecule has 160 valence electrons. The number of allylic oxidation sites excluding steroid dienone is 2. The fourth-order valence-electron chi connectivity index (χ4n) is 3.12. The van der Waals surface area contributed by atoms with E-state index in [2.05, 4.69) is 9.71 Å². The van der Waals surface area contributed by atoms with Gasteiger partial charge in [-0.25, -0.2) is 0 Å². The van der Waals surface area contributed by atoms with Crippen LogP contribution in [0.25, 0.3) is 0 Å². The highest BCUT2D eigenvalue weighted by Crippen LogP contribution is 2.29. The van der Waals surface area contributed by atoms with Crippen molar-refractivity contribution < 1.29 is 18.0 Å². The Morgan fingerprint density at radius 1 is 0.844 bits per heavy atom. The third kappa shape index (κ3) is 4.87. The largest absolute Gasteiger partial charge is 0.325 e. The summed E-state index contributed by atoms with van der Waals surface area (Å²) in [6, 6.07) is 23.6. The van der Waals surface area contributed by atoms with Gasteiger partial charge >= 0.3 is 0 Å². The molecule has 3 aromatic carbocycles. The second-order valence-electron chi connectivity index (χ2n) is 6.85. The van der Waals surface area contributed by atoms with E-state index in [1.54, 1.807) is 54.6 Å². The number of thioether (sulfide) groups is 1. The summed E-state index contributed by atoms with van der Waals surface area (Å²) in [4.78, 5) is 25.6. The molecule has 0 aromatic heterocycles. The fraction of sp³-hybridized carbons (Fsp3) is 0.0417. The van der Waals surface area contributed by atoms with Crippen molar-refractivity contribution in [3.05, 3.63) is 107 Å². The number of benzene rings is 3. The monoisotopic (exact) mass is 462 g/mol. The maximum atomic E-state index is 12.9. The van der Waals surface area contributed by atoms with Crippen molar-refractivity contribution in [3.8, 4) is 0 Å². The zero-order valence-corrected chi connectivity index (χ0v) is 18.4. The van der Waals surface area contributed by atoms with Crippen LogP contribution in [-0.4, -0.2) is 31.6 Å². The van der Waals surface area contributed by atoms with Gasteiger partial charge in [0.15, 0.2) is 5.78 Å². The molecule has 0 saturated heterocycles. The Hall–Kier alpha value is -3.49. The summed E-state index contributed by atoms with van der Waals surface area (Å²) in [6.45, 7) is 0. The molecular weight excluding hydrogens is 444 g/mol. The topological polar surface area (TPSA) is 92.7 Å². The van der Waals surface area contributed by atoms with Gasteiger partial charge in [-0.3, -0.25) is 9.59 Å². The van der Waals surface area contributed by atoms with E-state index in [0.717, 1.165) is 11.8 Å². The van der Waals surface area contributed by atoms with E-state index in [-0.39, 0.29) is 33.0 Å². The molecule has 0 fully saturated rings. The van der Waals surface area contributed by atoms with Crippen molar-refractivity contribution in [3.63, 3.8) is 0 Å². The minimum absolute atomic E-state index is 0.00660. The number of carbonyl (C=O) groups is 2. The Balaban J connectivity index is 1.62. The van der Waals surface area contributed by atoms with E-state index in [4.69, 9.17) is 0 Å². The minimum Gasteiger partial charge on any atom is -0.325 e. The quantitative estimate of drug-likeness (QED) is 0.589. The summed E-state index contributed by atoms with van der Waals surface area (Å²) >= 11 is 1.05. The van der Waals surface area contributed by atoms with Gasteiger partial charge in [0, 0.05) is 16.8 Å². The third-order valence-corrected chi connectivity index (χ3v) is 6.94. The number of amides is 1. The van der Waals surface area contributed by atoms with Crippen molar-refractivity contribution in [1.29, 1.82) is 0 Å². The summed E-state index contributed by atoms with van der Waals surface area (Å²) in [7, 11) is -3.97. The van der Waals surface area contributed by atoms with Gasteiger partial charge < -0.3 is 5.32 Å². The molecule has 0 aliphatic heterocycles. The second kappa shape index (κ2) is 9.33. The number of para-hydroxylation sites is 1. The van der Waals surface area contributed by atoms with Gasteiger partial charge in [0.25, 0.3) is 10.0 Å². The number of hydrogen-bond acceptors (Lipinski definition) is 5. The van der Waals surface area contributed by atoms with E-state index in [0.29, 0.717) is 16.8 Å². The van der Waals surface area contributed by atoms with Crippen LogP contribution < -0.4 is 5.32 Å². The van der Waals surface area contributed by atoms with Crippen molar-refractivity contribution in [2.45, 2.75) is 4.90 Å². The van der Waals surface area contributed by atoms with Crippen LogP contribution in [0, 0.1) is 0 Å². The molecule has 32 heavy (non-hydrogen) atoms. The number of rotatable bonds is 6. The number of ketones is 1.